The van der Waals surface area contributed by atoms with Gasteiger partial charge in [-0.25, -0.2) is 0 Å². The van der Waals surface area contributed by atoms with E-state index in [1.54, 1.807) is 0 Å². The van der Waals surface area contributed by atoms with Crippen LogP contribution in [0.25, 0.3) is 0 Å². The third kappa shape index (κ3) is 2.51. The molecule has 0 saturated heterocycles. The van der Waals surface area contributed by atoms with Gasteiger partial charge in [-0.15, -0.1) is 0 Å². The van der Waals surface area contributed by atoms with E-state index in [-0.39, 0.29) is 12.5 Å². The van der Waals surface area contributed by atoms with E-state index < -0.39 is 5.91 Å². The Morgan fingerprint density at radius 1 is 1.33 bits per heavy atom. The number of carbonyl (C=O) groups excluding carboxylic acids is 2. The number of hydrogen-bond acceptors (Lipinski definition) is 3. The van der Waals surface area contributed by atoms with Gasteiger partial charge in [-0.05, 0) is 36.6 Å². The van der Waals surface area contributed by atoms with Crippen molar-refractivity contribution in [3.05, 3.63) is 29.3 Å². The van der Waals surface area contributed by atoms with Gasteiger partial charge in [-0.3, -0.25) is 9.59 Å². The van der Waals surface area contributed by atoms with E-state index in [2.05, 4.69) is 6.07 Å². The molecule has 96 valence electrons. The summed E-state index contributed by atoms with van der Waals surface area (Å²) >= 11 is 0. The van der Waals surface area contributed by atoms with Gasteiger partial charge in [0.25, 0.3) is 0 Å². The van der Waals surface area contributed by atoms with Gasteiger partial charge in [0.05, 0.1) is 0 Å². The molecule has 0 bridgehead atoms. The molecule has 0 unspecified atom stereocenters. The summed E-state index contributed by atoms with van der Waals surface area (Å²) in [6.07, 6.45) is 1.95. The molecule has 0 atom stereocenters. The van der Waals surface area contributed by atoms with E-state index in [1.807, 2.05) is 12.1 Å². The zero-order valence-electron chi connectivity index (χ0n) is 10.2. The first-order valence-corrected chi connectivity index (χ1v) is 6.02. The first kappa shape index (κ1) is 12.6. The second-order valence-electron chi connectivity index (χ2n) is 4.45. The highest BCUT2D eigenvalue weighted by Crippen LogP contribution is 2.28. The monoisotopic (exact) mass is 247 g/mol. The van der Waals surface area contributed by atoms with Crippen LogP contribution in [0.5, 0.6) is 0 Å². The topological polar surface area (TPSA) is 89.4 Å². The molecule has 0 aliphatic carbocycles. The first-order valence-electron chi connectivity index (χ1n) is 6.02. The molecule has 2 amide bonds. The Balaban J connectivity index is 2.32. The Bertz CT molecular complexity index is 485. The lowest BCUT2D eigenvalue weighted by Crippen LogP contribution is -2.41. The van der Waals surface area contributed by atoms with Gasteiger partial charge >= 0.3 is 0 Å². The van der Waals surface area contributed by atoms with Crippen molar-refractivity contribution in [1.29, 1.82) is 0 Å². The highest BCUT2D eigenvalue weighted by molar-refractivity contribution is 6.00. The number of nitrogens with two attached hydrogens (primary N) is 2. The third-order valence-corrected chi connectivity index (χ3v) is 3.09. The predicted octanol–water partition coefficient (Wildman–Crippen LogP) is -0.0477. The molecule has 0 radical (unpaired) electrons. The van der Waals surface area contributed by atoms with Gasteiger partial charge in [0.2, 0.25) is 11.8 Å². The zero-order valence-corrected chi connectivity index (χ0v) is 10.2. The quantitative estimate of drug-likeness (QED) is 0.781. The second-order valence-corrected chi connectivity index (χ2v) is 4.45. The van der Waals surface area contributed by atoms with Crippen molar-refractivity contribution < 1.29 is 9.59 Å². The van der Waals surface area contributed by atoms with Gasteiger partial charge in [0.1, 0.15) is 6.54 Å². The van der Waals surface area contributed by atoms with Crippen LogP contribution in [0.2, 0.25) is 0 Å². The fourth-order valence-corrected chi connectivity index (χ4v) is 2.26. The average Bonchev–Trinajstić information content (AvgIpc) is 2.33. The number of fused-ring (bicyclic) bond motifs is 1. The van der Waals surface area contributed by atoms with Gasteiger partial charge < -0.3 is 16.4 Å². The summed E-state index contributed by atoms with van der Waals surface area (Å²) in [5, 5.41) is 0. The molecular formula is C13H17N3O2. The number of benzene rings is 1. The van der Waals surface area contributed by atoms with Crippen LogP contribution in [0.3, 0.4) is 0 Å². The van der Waals surface area contributed by atoms with E-state index in [0.29, 0.717) is 19.4 Å². The predicted molar refractivity (Wildman–Crippen MR) is 69.1 cm³/mol. The van der Waals surface area contributed by atoms with E-state index in [1.165, 1.54) is 4.90 Å². The van der Waals surface area contributed by atoms with Crippen molar-refractivity contribution >= 4 is 17.5 Å². The number of carbonyl (C=O) groups is 2. The molecular weight excluding hydrogens is 230 g/mol. The lowest BCUT2D eigenvalue weighted by Gasteiger charge is -2.28. The van der Waals surface area contributed by atoms with E-state index in [9.17, 15) is 9.59 Å². The summed E-state index contributed by atoms with van der Waals surface area (Å²) in [4.78, 5) is 24.3. The summed E-state index contributed by atoms with van der Waals surface area (Å²) in [5.74, 6) is -0.546. The summed E-state index contributed by atoms with van der Waals surface area (Å²) < 4.78 is 0. The van der Waals surface area contributed by atoms with Crippen molar-refractivity contribution in [2.75, 3.05) is 18.0 Å². The lowest BCUT2D eigenvalue weighted by atomic mass is 9.97. The Hall–Kier alpha value is -1.88. The Morgan fingerprint density at radius 2 is 2.11 bits per heavy atom. The number of hydrogen-bond donors (Lipinski definition) is 2. The van der Waals surface area contributed by atoms with Crippen LogP contribution < -0.4 is 16.4 Å². The largest absolute Gasteiger partial charge is 0.368 e. The molecule has 5 nitrogen and oxygen atoms in total. The molecule has 1 aromatic rings. The number of amides is 2. The lowest BCUT2D eigenvalue weighted by molar-refractivity contribution is -0.122. The summed E-state index contributed by atoms with van der Waals surface area (Å²) in [6.45, 7) is 0.546. The number of aryl methyl sites for hydroxylation is 1. The number of nitrogens with zero attached hydrogens (tertiary/aromatic N) is 1. The molecule has 18 heavy (non-hydrogen) atoms. The molecule has 5 heteroatoms. The molecule has 0 saturated carbocycles. The van der Waals surface area contributed by atoms with Gasteiger partial charge in [0, 0.05) is 12.1 Å². The molecule has 1 heterocycles. The highest BCUT2D eigenvalue weighted by Gasteiger charge is 2.25. The highest BCUT2D eigenvalue weighted by atomic mass is 16.2. The molecule has 0 spiro atoms. The van der Waals surface area contributed by atoms with Gasteiger partial charge in [-0.1, -0.05) is 12.1 Å². The molecule has 4 N–H and O–H groups in total. The van der Waals surface area contributed by atoms with Crippen molar-refractivity contribution in [1.82, 2.24) is 0 Å². The normalized spacial score (nSPS) is 14.5. The summed E-state index contributed by atoms with van der Waals surface area (Å²) in [6, 6.07) is 5.88. The molecule has 0 fully saturated rings. The molecule has 2 rings (SSSR count). The van der Waals surface area contributed by atoms with Crippen LogP contribution in [-0.2, 0) is 22.4 Å². The smallest absolute Gasteiger partial charge is 0.237 e. The Morgan fingerprint density at radius 3 is 2.78 bits per heavy atom. The molecule has 0 aromatic heterocycles. The minimum atomic E-state index is -0.498. The maximum atomic E-state index is 11.8. The van der Waals surface area contributed by atoms with Gasteiger partial charge in [-0.2, -0.15) is 0 Å². The maximum absolute atomic E-state index is 11.8. The number of primary amides is 1. The van der Waals surface area contributed by atoms with E-state index in [4.69, 9.17) is 11.5 Å². The van der Waals surface area contributed by atoms with Crippen LogP contribution in [0.15, 0.2) is 18.2 Å². The van der Waals surface area contributed by atoms with Crippen molar-refractivity contribution in [2.45, 2.75) is 19.3 Å². The van der Waals surface area contributed by atoms with Crippen LogP contribution in [-0.4, -0.2) is 24.9 Å². The Kier molecular flexibility index (Phi) is 3.62. The van der Waals surface area contributed by atoms with E-state index >= 15 is 0 Å². The van der Waals surface area contributed by atoms with Gasteiger partial charge in [0.15, 0.2) is 0 Å². The van der Waals surface area contributed by atoms with Crippen molar-refractivity contribution in [3.8, 4) is 0 Å². The Labute approximate surface area is 106 Å². The minimum absolute atomic E-state index is 0.0483. The third-order valence-electron chi connectivity index (χ3n) is 3.09. The van der Waals surface area contributed by atoms with E-state index in [0.717, 1.165) is 23.2 Å². The maximum Gasteiger partial charge on any atom is 0.237 e. The van der Waals surface area contributed by atoms with Crippen LogP contribution >= 0.6 is 0 Å². The number of rotatable bonds is 4. The minimum Gasteiger partial charge on any atom is -0.368 e. The fraction of sp³-hybridized carbons (Fsp3) is 0.385. The summed E-state index contributed by atoms with van der Waals surface area (Å²) in [5.41, 5.74) is 13.7. The average molecular weight is 247 g/mol. The van der Waals surface area contributed by atoms with Crippen LogP contribution in [0.4, 0.5) is 5.69 Å². The van der Waals surface area contributed by atoms with Crippen molar-refractivity contribution in [3.63, 3.8) is 0 Å². The summed E-state index contributed by atoms with van der Waals surface area (Å²) in [7, 11) is 0. The zero-order chi connectivity index (χ0) is 13.1. The first-order chi connectivity index (χ1) is 8.61. The standard InChI is InChI=1S/C13H17N3O2/c14-6-5-9-1-3-11-10(7-9)2-4-13(18)16(11)8-12(15)17/h1,3,7H,2,4-6,8,14H2,(H2,15,17). The molecule has 1 aliphatic heterocycles. The fourth-order valence-electron chi connectivity index (χ4n) is 2.26. The second kappa shape index (κ2) is 5.18. The van der Waals surface area contributed by atoms with Crippen LogP contribution in [0, 0.1) is 0 Å². The number of anilines is 1. The molecule has 1 aromatic carbocycles. The molecule has 1 aliphatic rings. The van der Waals surface area contributed by atoms with Crippen LogP contribution in [0.1, 0.15) is 17.5 Å². The SMILES string of the molecule is NCCc1ccc2c(c1)CCC(=O)N2CC(N)=O. The van der Waals surface area contributed by atoms with Crippen molar-refractivity contribution in [2.24, 2.45) is 11.5 Å².